The second-order valence-electron chi connectivity index (χ2n) is 7.63. The van der Waals surface area contributed by atoms with Gasteiger partial charge in [0, 0.05) is 24.6 Å². The van der Waals surface area contributed by atoms with Crippen molar-refractivity contribution in [3.63, 3.8) is 0 Å². The fourth-order valence-corrected chi connectivity index (χ4v) is 3.61. The smallest absolute Gasteiger partial charge is 0.352 e. The molecule has 3 rings (SSSR count). The number of carbonyl (C=O) groups is 2. The Labute approximate surface area is 173 Å². The van der Waals surface area contributed by atoms with Gasteiger partial charge < -0.3 is 10.6 Å². The highest BCUT2D eigenvalue weighted by Crippen LogP contribution is 2.29. The zero-order chi connectivity index (χ0) is 21.6. The van der Waals surface area contributed by atoms with Crippen LogP contribution in [0.1, 0.15) is 59.2 Å². The van der Waals surface area contributed by atoms with Crippen molar-refractivity contribution in [2.75, 3.05) is 0 Å². The highest BCUT2D eigenvalue weighted by molar-refractivity contribution is 5.94. The Morgan fingerprint density at radius 2 is 1.53 bits per heavy atom. The highest BCUT2D eigenvalue weighted by atomic mass is 19.4. The molecule has 2 aromatic rings. The molecule has 0 spiro atoms. The molecule has 1 aliphatic carbocycles. The van der Waals surface area contributed by atoms with Gasteiger partial charge in [-0.15, -0.1) is 0 Å². The van der Waals surface area contributed by atoms with Crippen LogP contribution in [0.15, 0.2) is 48.5 Å². The van der Waals surface area contributed by atoms with Gasteiger partial charge in [0.05, 0.1) is 5.56 Å². The summed E-state index contributed by atoms with van der Waals surface area (Å²) in [5.74, 6) is -0.192. The molecular weight excluding hydrogens is 393 g/mol. The monoisotopic (exact) mass is 418 g/mol. The molecule has 2 aromatic carbocycles. The van der Waals surface area contributed by atoms with Gasteiger partial charge in [0.1, 0.15) is 0 Å². The fraction of sp³-hybridized carbons (Fsp3) is 0.391. The third-order valence-electron chi connectivity index (χ3n) is 5.37. The summed E-state index contributed by atoms with van der Waals surface area (Å²) in [4.78, 5) is 24.5. The van der Waals surface area contributed by atoms with E-state index >= 15 is 0 Å². The van der Waals surface area contributed by atoms with Gasteiger partial charge in [0.15, 0.2) is 0 Å². The van der Waals surface area contributed by atoms with Gasteiger partial charge in [-0.05, 0) is 48.2 Å². The van der Waals surface area contributed by atoms with Gasteiger partial charge >= 0.3 is 6.18 Å². The lowest BCUT2D eigenvalue weighted by molar-refractivity contribution is -0.137. The average molecular weight is 418 g/mol. The van der Waals surface area contributed by atoms with Crippen molar-refractivity contribution in [2.24, 2.45) is 5.92 Å². The van der Waals surface area contributed by atoms with Crippen LogP contribution in [-0.2, 0) is 24.1 Å². The Morgan fingerprint density at radius 3 is 2.20 bits per heavy atom. The van der Waals surface area contributed by atoms with Crippen LogP contribution in [-0.4, -0.2) is 11.8 Å². The number of nitrogens with one attached hydrogen (secondary N) is 2. The van der Waals surface area contributed by atoms with Gasteiger partial charge in [-0.3, -0.25) is 9.59 Å². The van der Waals surface area contributed by atoms with Crippen LogP contribution in [0.25, 0.3) is 0 Å². The molecule has 2 amide bonds. The molecule has 0 unspecified atom stereocenters. The third-order valence-corrected chi connectivity index (χ3v) is 5.37. The first-order chi connectivity index (χ1) is 14.3. The van der Waals surface area contributed by atoms with Crippen LogP contribution < -0.4 is 10.6 Å². The molecule has 0 heterocycles. The quantitative estimate of drug-likeness (QED) is 0.706. The van der Waals surface area contributed by atoms with Gasteiger partial charge in [0.25, 0.3) is 5.91 Å². The Bertz CT molecular complexity index is 873. The first kappa shape index (κ1) is 21.9. The van der Waals surface area contributed by atoms with Crippen LogP contribution in [0.4, 0.5) is 13.2 Å². The van der Waals surface area contributed by atoms with Crippen molar-refractivity contribution in [3.8, 4) is 0 Å². The molecule has 0 radical (unpaired) electrons. The summed E-state index contributed by atoms with van der Waals surface area (Å²) in [7, 11) is 0. The third kappa shape index (κ3) is 6.08. The maximum atomic E-state index is 12.8. The van der Waals surface area contributed by atoms with Crippen LogP contribution in [0.3, 0.4) is 0 Å². The lowest BCUT2D eigenvalue weighted by Crippen LogP contribution is -2.31. The van der Waals surface area contributed by atoms with Crippen molar-refractivity contribution in [1.29, 1.82) is 0 Å². The molecule has 0 aromatic heterocycles. The van der Waals surface area contributed by atoms with E-state index in [2.05, 4.69) is 10.6 Å². The molecule has 0 atom stereocenters. The Kier molecular flexibility index (Phi) is 7.13. The van der Waals surface area contributed by atoms with E-state index in [1.165, 1.54) is 18.6 Å². The van der Waals surface area contributed by atoms with Gasteiger partial charge in [-0.25, -0.2) is 0 Å². The minimum atomic E-state index is -4.41. The maximum absolute atomic E-state index is 12.8. The maximum Gasteiger partial charge on any atom is 0.416 e. The topological polar surface area (TPSA) is 58.2 Å². The van der Waals surface area contributed by atoms with Crippen molar-refractivity contribution in [3.05, 3.63) is 70.8 Å². The van der Waals surface area contributed by atoms with Crippen molar-refractivity contribution < 1.29 is 22.8 Å². The molecule has 7 heteroatoms. The number of amides is 2. The molecule has 160 valence electrons. The second kappa shape index (κ2) is 9.78. The summed E-state index contributed by atoms with van der Waals surface area (Å²) >= 11 is 0. The molecule has 2 N–H and O–H groups in total. The van der Waals surface area contributed by atoms with E-state index < -0.39 is 11.7 Å². The highest BCUT2D eigenvalue weighted by Gasteiger charge is 2.30. The number of halogens is 3. The van der Waals surface area contributed by atoms with E-state index in [0.717, 1.165) is 43.4 Å². The van der Waals surface area contributed by atoms with E-state index in [1.807, 2.05) is 0 Å². The molecule has 4 nitrogen and oxygen atoms in total. The summed E-state index contributed by atoms with van der Waals surface area (Å²) in [6.45, 7) is 0.406. The fourth-order valence-electron chi connectivity index (χ4n) is 3.61. The number of rotatable bonds is 6. The van der Waals surface area contributed by atoms with E-state index in [1.54, 1.807) is 24.3 Å². The molecule has 1 aliphatic rings. The van der Waals surface area contributed by atoms with E-state index in [-0.39, 0.29) is 24.3 Å². The largest absolute Gasteiger partial charge is 0.416 e. The SMILES string of the molecule is O=C(NCc1cccc(C(F)(F)F)c1)c1ccc(CNC(=O)C2CCCCC2)cc1. The first-order valence-electron chi connectivity index (χ1n) is 10.1. The molecule has 0 saturated heterocycles. The molecule has 30 heavy (non-hydrogen) atoms. The molecule has 1 fully saturated rings. The molecule has 0 bridgehead atoms. The minimum absolute atomic E-state index is 0.00194. The lowest BCUT2D eigenvalue weighted by Gasteiger charge is -2.20. The Balaban J connectivity index is 1.49. The average Bonchev–Trinajstić information content (AvgIpc) is 2.76. The van der Waals surface area contributed by atoms with Crippen LogP contribution in [0.2, 0.25) is 0 Å². The van der Waals surface area contributed by atoms with E-state index in [0.29, 0.717) is 17.7 Å². The van der Waals surface area contributed by atoms with Crippen molar-refractivity contribution in [2.45, 2.75) is 51.4 Å². The number of alkyl halides is 3. The second-order valence-corrected chi connectivity index (χ2v) is 7.63. The zero-order valence-corrected chi connectivity index (χ0v) is 16.6. The summed E-state index contributed by atoms with van der Waals surface area (Å²) in [5, 5.41) is 5.58. The van der Waals surface area contributed by atoms with Gasteiger partial charge in [-0.2, -0.15) is 13.2 Å². The number of hydrogen-bond acceptors (Lipinski definition) is 2. The normalized spacial score (nSPS) is 14.9. The van der Waals surface area contributed by atoms with Crippen LogP contribution in [0.5, 0.6) is 0 Å². The number of benzene rings is 2. The molecule has 1 saturated carbocycles. The zero-order valence-electron chi connectivity index (χ0n) is 16.6. The van der Waals surface area contributed by atoms with E-state index in [9.17, 15) is 22.8 Å². The van der Waals surface area contributed by atoms with Crippen molar-refractivity contribution >= 4 is 11.8 Å². The summed E-state index contributed by atoms with van der Waals surface area (Å²) in [5.41, 5.74) is 0.923. The number of hydrogen-bond donors (Lipinski definition) is 2. The summed E-state index contributed by atoms with van der Waals surface area (Å²) in [6, 6.07) is 11.7. The van der Waals surface area contributed by atoms with E-state index in [4.69, 9.17) is 0 Å². The summed E-state index contributed by atoms with van der Waals surface area (Å²) in [6.07, 6.45) is 0.863. The Hall–Kier alpha value is -2.83. The Morgan fingerprint density at radius 1 is 0.867 bits per heavy atom. The van der Waals surface area contributed by atoms with Gasteiger partial charge in [-0.1, -0.05) is 43.5 Å². The van der Waals surface area contributed by atoms with Crippen LogP contribution >= 0.6 is 0 Å². The predicted octanol–water partition coefficient (Wildman–Crippen LogP) is 4.83. The first-order valence-corrected chi connectivity index (χ1v) is 10.1. The molecule has 0 aliphatic heterocycles. The van der Waals surface area contributed by atoms with Crippen LogP contribution in [0, 0.1) is 5.92 Å². The predicted molar refractivity (Wildman–Crippen MR) is 107 cm³/mol. The van der Waals surface area contributed by atoms with Crippen molar-refractivity contribution in [1.82, 2.24) is 10.6 Å². The summed E-state index contributed by atoms with van der Waals surface area (Å²) < 4.78 is 38.3. The minimum Gasteiger partial charge on any atom is -0.352 e. The standard InChI is InChI=1S/C23H25F3N2O2/c24-23(25,26)20-8-4-5-17(13-20)15-28-22(30)19-11-9-16(10-12-19)14-27-21(29)18-6-2-1-3-7-18/h4-5,8-13,18H,1-3,6-7,14-15H2,(H,27,29)(H,28,30). The molecular formula is C23H25F3N2O2. The lowest BCUT2D eigenvalue weighted by atomic mass is 9.88. The number of carbonyl (C=O) groups excluding carboxylic acids is 2. The van der Waals surface area contributed by atoms with Gasteiger partial charge in [0.2, 0.25) is 5.91 Å².